The highest BCUT2D eigenvalue weighted by Crippen LogP contribution is 2.43. The Hall–Kier alpha value is 0.880. The fourth-order valence-corrected chi connectivity index (χ4v) is 4.03. The van der Waals surface area contributed by atoms with Crippen LogP contribution in [0.15, 0.2) is 0 Å². The van der Waals surface area contributed by atoms with Gasteiger partial charge in [0.2, 0.25) is 0 Å². The smallest absolute Gasteiger partial charge is 0.0698 e. The van der Waals surface area contributed by atoms with E-state index in [1.54, 1.807) is 0 Å². The molecule has 0 saturated heterocycles. The highest BCUT2D eigenvalue weighted by atomic mass is 79.9. The third kappa shape index (κ3) is 7.63. The molecule has 0 aromatic carbocycles. The summed E-state index contributed by atoms with van der Waals surface area (Å²) in [4.78, 5) is 0. The molecule has 0 aromatic rings. The van der Waals surface area contributed by atoms with Crippen LogP contribution in [0.2, 0.25) is 0 Å². The van der Waals surface area contributed by atoms with E-state index in [0.717, 1.165) is 51.6 Å². The predicted molar refractivity (Wildman–Crippen MR) is 102 cm³/mol. The Kier molecular flexibility index (Phi) is 11.7. The third-order valence-electron chi connectivity index (χ3n) is 4.81. The van der Waals surface area contributed by atoms with Gasteiger partial charge in [-0.25, -0.2) is 0 Å². The zero-order chi connectivity index (χ0) is 16.3. The molecule has 132 valence electrons. The van der Waals surface area contributed by atoms with E-state index >= 15 is 0 Å². The van der Waals surface area contributed by atoms with Gasteiger partial charge >= 0.3 is 0 Å². The van der Waals surface area contributed by atoms with Crippen molar-refractivity contribution in [3.8, 4) is 0 Å². The molecule has 1 fully saturated rings. The SMILES string of the molecule is CCCOCC(CCC(Br)Br)(COCCC)C1CCCCC1. The van der Waals surface area contributed by atoms with Gasteiger partial charge < -0.3 is 9.47 Å². The molecule has 4 heteroatoms. The Balaban J connectivity index is 2.76. The monoisotopic (exact) mass is 440 g/mol. The summed E-state index contributed by atoms with van der Waals surface area (Å²) in [6.07, 6.45) is 11.3. The zero-order valence-corrected chi connectivity index (χ0v) is 17.6. The highest BCUT2D eigenvalue weighted by Gasteiger charge is 2.39. The third-order valence-corrected chi connectivity index (χ3v) is 5.72. The number of hydrogen-bond acceptors (Lipinski definition) is 2. The summed E-state index contributed by atoms with van der Waals surface area (Å²) in [5.41, 5.74) is 0.199. The standard InChI is InChI=1S/C18H34Br2O2/c1-3-12-21-14-18(11-10-17(19)20,15-22-13-4-2)16-8-6-5-7-9-16/h16-17H,3-15H2,1-2H3. The van der Waals surface area contributed by atoms with Crippen LogP contribution in [0.25, 0.3) is 0 Å². The van der Waals surface area contributed by atoms with Gasteiger partial charge in [0.05, 0.1) is 17.0 Å². The lowest BCUT2D eigenvalue weighted by molar-refractivity contribution is -0.0696. The van der Waals surface area contributed by atoms with E-state index in [1.807, 2.05) is 0 Å². The number of alkyl halides is 2. The molecule has 0 aliphatic heterocycles. The Morgan fingerprint density at radius 2 is 1.50 bits per heavy atom. The molecule has 2 nitrogen and oxygen atoms in total. The predicted octanol–water partition coefficient (Wildman–Crippen LogP) is 6.30. The molecule has 1 saturated carbocycles. The molecule has 0 unspecified atom stereocenters. The first-order valence-electron chi connectivity index (χ1n) is 9.08. The summed E-state index contributed by atoms with van der Waals surface area (Å²) in [5, 5.41) is 0. The summed E-state index contributed by atoms with van der Waals surface area (Å²) in [7, 11) is 0. The zero-order valence-electron chi connectivity index (χ0n) is 14.4. The maximum Gasteiger partial charge on any atom is 0.0698 e. The van der Waals surface area contributed by atoms with E-state index in [0.29, 0.717) is 3.74 Å². The fourth-order valence-electron chi connectivity index (χ4n) is 3.58. The van der Waals surface area contributed by atoms with Crippen molar-refractivity contribution in [2.75, 3.05) is 26.4 Å². The van der Waals surface area contributed by atoms with Crippen molar-refractivity contribution < 1.29 is 9.47 Å². The van der Waals surface area contributed by atoms with Crippen molar-refractivity contribution in [2.24, 2.45) is 11.3 Å². The lowest BCUT2D eigenvalue weighted by Crippen LogP contribution is -2.41. The van der Waals surface area contributed by atoms with E-state index in [1.165, 1.54) is 38.5 Å². The molecule has 22 heavy (non-hydrogen) atoms. The lowest BCUT2D eigenvalue weighted by Gasteiger charge is -2.43. The Bertz CT molecular complexity index is 256. The first-order chi connectivity index (χ1) is 10.6. The topological polar surface area (TPSA) is 18.5 Å². The maximum atomic E-state index is 6.05. The molecule has 1 rings (SSSR count). The summed E-state index contributed by atoms with van der Waals surface area (Å²) in [6.45, 7) is 7.83. The summed E-state index contributed by atoms with van der Waals surface area (Å²) in [5.74, 6) is 0.758. The van der Waals surface area contributed by atoms with Gasteiger partial charge in [-0.3, -0.25) is 0 Å². The van der Waals surface area contributed by atoms with Crippen LogP contribution in [0.1, 0.15) is 71.6 Å². The maximum absolute atomic E-state index is 6.05. The minimum Gasteiger partial charge on any atom is -0.381 e. The van der Waals surface area contributed by atoms with E-state index in [2.05, 4.69) is 45.7 Å². The number of hydrogen-bond donors (Lipinski definition) is 0. The minimum absolute atomic E-state index is 0.199. The molecule has 0 amide bonds. The van der Waals surface area contributed by atoms with Crippen LogP contribution >= 0.6 is 31.9 Å². The number of rotatable bonds is 12. The molecule has 1 aliphatic rings. The first-order valence-corrected chi connectivity index (χ1v) is 10.9. The lowest BCUT2D eigenvalue weighted by atomic mass is 9.67. The van der Waals surface area contributed by atoms with Gasteiger partial charge in [-0.15, -0.1) is 0 Å². The second kappa shape index (κ2) is 12.3. The summed E-state index contributed by atoms with van der Waals surface area (Å²) < 4.78 is 12.5. The Morgan fingerprint density at radius 3 is 1.95 bits per heavy atom. The average molecular weight is 442 g/mol. The van der Waals surface area contributed by atoms with Gasteiger partial charge in [-0.05, 0) is 44.4 Å². The molecule has 0 bridgehead atoms. The Labute approximate surface area is 154 Å². The van der Waals surface area contributed by atoms with E-state index < -0.39 is 0 Å². The molecule has 0 radical (unpaired) electrons. The van der Waals surface area contributed by atoms with E-state index in [9.17, 15) is 0 Å². The normalized spacial score (nSPS) is 17.3. The van der Waals surface area contributed by atoms with Crippen LogP contribution in [0.4, 0.5) is 0 Å². The molecule has 0 heterocycles. The van der Waals surface area contributed by atoms with Gasteiger partial charge in [-0.2, -0.15) is 0 Å². The van der Waals surface area contributed by atoms with Gasteiger partial charge in [-0.1, -0.05) is 65.0 Å². The molecule has 0 atom stereocenters. The van der Waals surface area contributed by atoms with Crippen LogP contribution < -0.4 is 0 Å². The quantitative estimate of drug-likeness (QED) is 0.261. The van der Waals surface area contributed by atoms with Crippen molar-refractivity contribution in [3.63, 3.8) is 0 Å². The van der Waals surface area contributed by atoms with Crippen molar-refractivity contribution in [1.82, 2.24) is 0 Å². The van der Waals surface area contributed by atoms with Crippen LogP contribution in [0.3, 0.4) is 0 Å². The van der Waals surface area contributed by atoms with Gasteiger partial charge in [0.25, 0.3) is 0 Å². The first kappa shape index (κ1) is 20.9. The molecule has 0 N–H and O–H groups in total. The molecule has 1 aliphatic carbocycles. The molecule has 0 spiro atoms. The van der Waals surface area contributed by atoms with Gasteiger partial charge in [0.1, 0.15) is 0 Å². The van der Waals surface area contributed by atoms with E-state index in [-0.39, 0.29) is 5.41 Å². The molecular formula is C18H34Br2O2. The number of halogens is 2. The summed E-state index contributed by atoms with van der Waals surface area (Å²) in [6, 6.07) is 0. The van der Waals surface area contributed by atoms with Crippen molar-refractivity contribution in [2.45, 2.75) is 75.4 Å². The van der Waals surface area contributed by atoms with Crippen LogP contribution in [0, 0.1) is 11.3 Å². The van der Waals surface area contributed by atoms with E-state index in [4.69, 9.17) is 9.47 Å². The van der Waals surface area contributed by atoms with Crippen LogP contribution in [-0.4, -0.2) is 30.2 Å². The molecule has 0 aromatic heterocycles. The Morgan fingerprint density at radius 1 is 0.955 bits per heavy atom. The van der Waals surface area contributed by atoms with Crippen LogP contribution in [-0.2, 0) is 9.47 Å². The largest absolute Gasteiger partial charge is 0.381 e. The highest BCUT2D eigenvalue weighted by molar-refractivity contribution is 9.24. The average Bonchev–Trinajstić information content (AvgIpc) is 2.53. The number of ether oxygens (including phenoxy) is 2. The van der Waals surface area contributed by atoms with Crippen molar-refractivity contribution >= 4 is 31.9 Å². The van der Waals surface area contributed by atoms with Crippen LogP contribution in [0.5, 0.6) is 0 Å². The second-order valence-corrected chi connectivity index (χ2v) is 10.2. The second-order valence-electron chi connectivity index (χ2n) is 6.73. The van der Waals surface area contributed by atoms with Gasteiger partial charge in [0.15, 0.2) is 0 Å². The summed E-state index contributed by atoms with van der Waals surface area (Å²) >= 11 is 7.30. The fraction of sp³-hybridized carbons (Fsp3) is 1.00. The van der Waals surface area contributed by atoms with Gasteiger partial charge in [0, 0.05) is 18.6 Å². The minimum atomic E-state index is 0.199. The van der Waals surface area contributed by atoms with Crippen molar-refractivity contribution in [3.05, 3.63) is 0 Å². The molecular weight excluding hydrogens is 408 g/mol. The van der Waals surface area contributed by atoms with Crippen molar-refractivity contribution in [1.29, 1.82) is 0 Å².